The minimum Gasteiger partial charge on any atom is -0.361 e. The standard InChI is InChI=1S/C28H26N6O/c1-33-14-13-23(32-33)16-29-27-28-30-17-25(34(28)18-24(31-27)20-5-3-2-4-6-20)21-9-11-22(12-10-21)26(35)15-19-7-8-19/h2-6,9-14,17-19H,7-8,15-16H2,1H3,(H,29,31). The lowest BCUT2D eigenvalue weighted by atomic mass is 10.0. The van der Waals surface area contributed by atoms with Gasteiger partial charge in [-0.25, -0.2) is 9.97 Å². The fourth-order valence-corrected chi connectivity index (χ4v) is 4.33. The monoisotopic (exact) mass is 462 g/mol. The molecule has 35 heavy (non-hydrogen) atoms. The molecule has 2 aromatic carbocycles. The fraction of sp³-hybridized carbons (Fsp3) is 0.214. The molecule has 0 atom stereocenters. The molecule has 0 amide bonds. The van der Waals surface area contributed by atoms with Crippen LogP contribution in [0.25, 0.3) is 28.2 Å². The number of nitrogens with one attached hydrogen (secondary N) is 1. The molecule has 1 aliphatic carbocycles. The third-order valence-electron chi connectivity index (χ3n) is 6.44. The van der Waals surface area contributed by atoms with Crippen LogP contribution in [-0.4, -0.2) is 29.9 Å². The Labute approximate surface area is 203 Å². The van der Waals surface area contributed by atoms with Crippen LogP contribution in [-0.2, 0) is 13.6 Å². The van der Waals surface area contributed by atoms with Crippen LogP contribution in [0.15, 0.2) is 79.3 Å². The second kappa shape index (κ2) is 8.83. The van der Waals surface area contributed by atoms with Crippen molar-refractivity contribution in [3.8, 4) is 22.5 Å². The number of fused-ring (bicyclic) bond motifs is 1. The maximum Gasteiger partial charge on any atom is 0.180 e. The molecule has 0 saturated heterocycles. The molecule has 6 rings (SSSR count). The SMILES string of the molecule is Cn1ccc(CNc2nc(-c3ccccc3)cn3c(-c4ccc(C(=O)CC5CC5)cc4)cnc23)n1. The molecule has 0 radical (unpaired) electrons. The minimum atomic E-state index is 0.230. The molecule has 1 aliphatic rings. The Kier molecular flexibility index (Phi) is 5.37. The van der Waals surface area contributed by atoms with Crippen LogP contribution in [0.4, 0.5) is 5.82 Å². The molecule has 3 aromatic heterocycles. The Bertz CT molecular complexity index is 1500. The van der Waals surface area contributed by atoms with Gasteiger partial charge in [0.25, 0.3) is 0 Å². The highest BCUT2D eigenvalue weighted by Gasteiger charge is 2.25. The van der Waals surface area contributed by atoms with E-state index in [0.717, 1.165) is 39.4 Å². The second-order valence-corrected chi connectivity index (χ2v) is 9.16. The first-order chi connectivity index (χ1) is 17.1. The number of nitrogens with zero attached hydrogens (tertiary/aromatic N) is 5. The number of imidazole rings is 1. The summed E-state index contributed by atoms with van der Waals surface area (Å²) >= 11 is 0. The van der Waals surface area contributed by atoms with Crippen molar-refractivity contribution in [2.24, 2.45) is 13.0 Å². The highest BCUT2D eigenvalue weighted by atomic mass is 16.1. The minimum absolute atomic E-state index is 0.230. The summed E-state index contributed by atoms with van der Waals surface area (Å²) in [6.07, 6.45) is 8.82. The van der Waals surface area contributed by atoms with E-state index in [0.29, 0.717) is 24.7 Å². The van der Waals surface area contributed by atoms with E-state index < -0.39 is 0 Å². The molecule has 3 heterocycles. The smallest absolute Gasteiger partial charge is 0.180 e. The molecule has 1 fully saturated rings. The number of rotatable bonds is 8. The summed E-state index contributed by atoms with van der Waals surface area (Å²) in [5, 5.41) is 7.88. The molecule has 7 nitrogen and oxygen atoms in total. The normalized spacial score (nSPS) is 13.3. The van der Waals surface area contributed by atoms with E-state index in [1.54, 1.807) is 4.68 Å². The predicted molar refractivity (Wildman–Crippen MR) is 136 cm³/mol. The largest absolute Gasteiger partial charge is 0.361 e. The Morgan fingerprint density at radius 2 is 1.83 bits per heavy atom. The van der Waals surface area contributed by atoms with Crippen molar-refractivity contribution >= 4 is 17.2 Å². The summed E-state index contributed by atoms with van der Waals surface area (Å²) in [4.78, 5) is 22.1. The molecule has 0 aliphatic heterocycles. The number of aryl methyl sites for hydroxylation is 1. The molecule has 1 N–H and O–H groups in total. The number of ketones is 1. The van der Waals surface area contributed by atoms with E-state index in [9.17, 15) is 4.79 Å². The Morgan fingerprint density at radius 3 is 2.54 bits per heavy atom. The highest BCUT2D eigenvalue weighted by Crippen LogP contribution is 2.34. The van der Waals surface area contributed by atoms with Crippen molar-refractivity contribution < 1.29 is 4.79 Å². The van der Waals surface area contributed by atoms with Gasteiger partial charge < -0.3 is 5.32 Å². The van der Waals surface area contributed by atoms with E-state index in [1.807, 2.05) is 86.3 Å². The molecule has 0 spiro atoms. The number of carbonyl (C=O) groups excluding carboxylic acids is 1. The molecule has 5 aromatic rings. The van der Waals surface area contributed by atoms with Gasteiger partial charge in [-0.2, -0.15) is 5.10 Å². The lowest BCUT2D eigenvalue weighted by Gasteiger charge is -2.11. The summed E-state index contributed by atoms with van der Waals surface area (Å²) in [6.45, 7) is 0.543. The van der Waals surface area contributed by atoms with Crippen LogP contribution >= 0.6 is 0 Å². The van der Waals surface area contributed by atoms with Gasteiger partial charge in [-0.05, 0) is 24.8 Å². The zero-order valence-corrected chi connectivity index (χ0v) is 19.6. The molecule has 174 valence electrons. The summed E-state index contributed by atoms with van der Waals surface area (Å²) < 4.78 is 3.85. The number of hydrogen-bond acceptors (Lipinski definition) is 5. The van der Waals surface area contributed by atoms with Gasteiger partial charge in [0.05, 0.1) is 29.8 Å². The average Bonchev–Trinajstić information content (AvgIpc) is 3.44. The van der Waals surface area contributed by atoms with Crippen LogP contribution in [0.3, 0.4) is 0 Å². The summed E-state index contributed by atoms with van der Waals surface area (Å²) in [5.74, 6) is 1.51. The van der Waals surface area contributed by atoms with Crippen molar-refractivity contribution in [1.29, 1.82) is 0 Å². The maximum absolute atomic E-state index is 12.5. The predicted octanol–water partition coefficient (Wildman–Crippen LogP) is 5.39. The number of anilines is 1. The molecular formula is C28H26N6O. The first-order valence-corrected chi connectivity index (χ1v) is 11.9. The third-order valence-corrected chi connectivity index (χ3v) is 6.44. The molecule has 7 heteroatoms. The molecule has 1 saturated carbocycles. The summed E-state index contributed by atoms with van der Waals surface area (Å²) in [7, 11) is 1.90. The van der Waals surface area contributed by atoms with E-state index >= 15 is 0 Å². The third kappa shape index (κ3) is 4.45. The number of Topliss-reactive ketones (excluding diaryl/α,β-unsaturated/α-hetero) is 1. The zero-order chi connectivity index (χ0) is 23.8. The van der Waals surface area contributed by atoms with Gasteiger partial charge in [-0.1, -0.05) is 54.6 Å². The van der Waals surface area contributed by atoms with Gasteiger partial charge in [-0.3, -0.25) is 13.9 Å². The van der Waals surface area contributed by atoms with Crippen molar-refractivity contribution in [3.63, 3.8) is 0 Å². The number of hydrogen-bond donors (Lipinski definition) is 1. The van der Waals surface area contributed by atoms with Crippen LogP contribution in [0.2, 0.25) is 0 Å². The summed E-state index contributed by atoms with van der Waals surface area (Å²) in [6, 6.07) is 20.0. The van der Waals surface area contributed by atoms with Crippen molar-refractivity contribution in [2.45, 2.75) is 25.8 Å². The average molecular weight is 463 g/mol. The Hall–Kier alpha value is -4.26. The van der Waals surface area contributed by atoms with E-state index in [-0.39, 0.29) is 5.78 Å². The van der Waals surface area contributed by atoms with E-state index in [1.165, 1.54) is 12.8 Å². The van der Waals surface area contributed by atoms with Crippen LogP contribution in [0.1, 0.15) is 35.3 Å². The lowest BCUT2D eigenvalue weighted by molar-refractivity contribution is 0.0976. The first kappa shape index (κ1) is 21.3. The molecule has 0 bridgehead atoms. The number of aromatic nitrogens is 5. The maximum atomic E-state index is 12.5. The van der Waals surface area contributed by atoms with E-state index in [2.05, 4.69) is 14.8 Å². The lowest BCUT2D eigenvalue weighted by Crippen LogP contribution is -2.06. The first-order valence-electron chi connectivity index (χ1n) is 11.9. The van der Waals surface area contributed by atoms with Crippen molar-refractivity contribution in [2.75, 3.05) is 5.32 Å². The highest BCUT2D eigenvalue weighted by molar-refractivity contribution is 5.96. The zero-order valence-electron chi connectivity index (χ0n) is 19.6. The fourth-order valence-electron chi connectivity index (χ4n) is 4.33. The number of benzene rings is 2. The Morgan fingerprint density at radius 1 is 1.03 bits per heavy atom. The van der Waals surface area contributed by atoms with Gasteiger partial charge in [0.2, 0.25) is 0 Å². The Balaban J connectivity index is 1.38. The van der Waals surface area contributed by atoms with Gasteiger partial charge in [-0.15, -0.1) is 0 Å². The summed E-state index contributed by atoms with van der Waals surface area (Å²) in [5.41, 5.74) is 6.26. The van der Waals surface area contributed by atoms with Crippen LogP contribution in [0.5, 0.6) is 0 Å². The van der Waals surface area contributed by atoms with Gasteiger partial charge >= 0.3 is 0 Å². The van der Waals surface area contributed by atoms with Gasteiger partial charge in [0.1, 0.15) is 0 Å². The second-order valence-electron chi connectivity index (χ2n) is 9.16. The van der Waals surface area contributed by atoms with Crippen LogP contribution in [0, 0.1) is 5.92 Å². The topological polar surface area (TPSA) is 77.1 Å². The quantitative estimate of drug-likeness (QED) is 0.313. The molecular weight excluding hydrogens is 436 g/mol. The van der Waals surface area contributed by atoms with Gasteiger partial charge in [0, 0.05) is 42.6 Å². The van der Waals surface area contributed by atoms with Crippen molar-refractivity contribution in [3.05, 3.63) is 90.5 Å². The van der Waals surface area contributed by atoms with Crippen LogP contribution < -0.4 is 5.32 Å². The van der Waals surface area contributed by atoms with Gasteiger partial charge in [0.15, 0.2) is 17.2 Å². The van der Waals surface area contributed by atoms with Crippen molar-refractivity contribution in [1.82, 2.24) is 24.1 Å². The number of carbonyl (C=O) groups is 1. The molecule has 0 unspecified atom stereocenters. The van der Waals surface area contributed by atoms with E-state index in [4.69, 9.17) is 9.97 Å².